The zero-order chi connectivity index (χ0) is 17.1. The predicted molar refractivity (Wildman–Crippen MR) is 101 cm³/mol. The first kappa shape index (κ1) is 16.7. The van der Waals surface area contributed by atoms with E-state index < -0.39 is 0 Å². The monoisotopic (exact) mass is 355 g/mol. The fourth-order valence-electron chi connectivity index (χ4n) is 4.00. The molecule has 1 N–H and O–H groups in total. The maximum absolute atomic E-state index is 12.6. The van der Waals surface area contributed by atoms with Crippen molar-refractivity contribution in [3.63, 3.8) is 0 Å². The number of hydrogen-bond donors (Lipinski definition) is 1. The molecule has 1 aromatic heterocycles. The molecular formula is C20H25N3OS. The molecule has 3 heterocycles. The molecule has 25 heavy (non-hydrogen) atoms. The Morgan fingerprint density at radius 2 is 2.00 bits per heavy atom. The number of rotatable bonds is 4. The lowest BCUT2D eigenvalue weighted by Crippen LogP contribution is -2.44. The summed E-state index contributed by atoms with van der Waals surface area (Å²) in [4.78, 5) is 19.3. The summed E-state index contributed by atoms with van der Waals surface area (Å²) in [5.41, 5.74) is 2.64. The number of nitrogens with zero attached hydrogens (tertiary/aromatic N) is 2. The molecule has 2 aromatic rings. The van der Waals surface area contributed by atoms with Gasteiger partial charge in [-0.2, -0.15) is 0 Å². The molecule has 1 spiro atoms. The van der Waals surface area contributed by atoms with Gasteiger partial charge in [0, 0.05) is 31.4 Å². The van der Waals surface area contributed by atoms with E-state index in [9.17, 15) is 4.79 Å². The molecule has 5 heteroatoms. The topological polar surface area (TPSA) is 45.2 Å². The summed E-state index contributed by atoms with van der Waals surface area (Å²) in [5, 5.41) is 6.61. The molecule has 4 nitrogen and oxygen atoms in total. The summed E-state index contributed by atoms with van der Waals surface area (Å²) >= 11 is 1.66. The summed E-state index contributed by atoms with van der Waals surface area (Å²) in [5.74, 6) is 0.234. The van der Waals surface area contributed by atoms with E-state index in [2.05, 4.69) is 34.6 Å². The van der Waals surface area contributed by atoms with Crippen LogP contribution in [0.2, 0.25) is 0 Å². The first-order valence-electron chi connectivity index (χ1n) is 9.18. The zero-order valence-corrected chi connectivity index (χ0v) is 15.4. The molecule has 1 aromatic carbocycles. The number of thiazole rings is 1. The van der Waals surface area contributed by atoms with E-state index in [0.29, 0.717) is 11.8 Å². The van der Waals surface area contributed by atoms with Crippen LogP contribution in [0.25, 0.3) is 0 Å². The van der Waals surface area contributed by atoms with Crippen LogP contribution in [0.1, 0.15) is 35.5 Å². The molecular weight excluding hydrogens is 330 g/mol. The van der Waals surface area contributed by atoms with Crippen LogP contribution in [0.5, 0.6) is 0 Å². The van der Waals surface area contributed by atoms with Gasteiger partial charge in [0.05, 0.1) is 17.1 Å². The van der Waals surface area contributed by atoms with Crippen molar-refractivity contribution in [3.05, 3.63) is 52.0 Å². The summed E-state index contributed by atoms with van der Waals surface area (Å²) < 4.78 is 0. The van der Waals surface area contributed by atoms with E-state index in [-0.39, 0.29) is 5.91 Å². The maximum atomic E-state index is 12.6. The molecule has 0 atom stereocenters. The van der Waals surface area contributed by atoms with E-state index in [1.165, 1.54) is 12.0 Å². The number of aromatic nitrogens is 1. The molecule has 0 bridgehead atoms. The van der Waals surface area contributed by atoms with Crippen molar-refractivity contribution in [3.8, 4) is 0 Å². The van der Waals surface area contributed by atoms with Gasteiger partial charge < -0.3 is 10.2 Å². The fourth-order valence-corrected chi connectivity index (χ4v) is 4.83. The van der Waals surface area contributed by atoms with Gasteiger partial charge in [0.2, 0.25) is 5.91 Å². The third-order valence-corrected chi connectivity index (χ3v) is 6.54. The van der Waals surface area contributed by atoms with Gasteiger partial charge in [-0.1, -0.05) is 30.3 Å². The highest BCUT2D eigenvalue weighted by Crippen LogP contribution is 2.37. The Hall–Kier alpha value is -1.72. The lowest BCUT2D eigenvalue weighted by molar-refractivity contribution is -0.132. The summed E-state index contributed by atoms with van der Waals surface area (Å²) in [6.07, 6.45) is 4.84. The number of likely N-dealkylation sites (tertiary alicyclic amines) is 1. The van der Waals surface area contributed by atoms with Crippen LogP contribution in [0.3, 0.4) is 0 Å². The van der Waals surface area contributed by atoms with Crippen molar-refractivity contribution in [2.45, 2.75) is 32.1 Å². The molecule has 4 rings (SSSR count). The highest BCUT2D eigenvalue weighted by atomic mass is 32.1. The Balaban J connectivity index is 1.31. The van der Waals surface area contributed by atoms with Gasteiger partial charge in [-0.05, 0) is 36.8 Å². The van der Waals surface area contributed by atoms with Gasteiger partial charge >= 0.3 is 0 Å². The third-order valence-electron chi connectivity index (χ3n) is 5.64. The molecule has 0 unspecified atom stereocenters. The highest BCUT2D eigenvalue weighted by Gasteiger charge is 2.37. The molecule has 2 fully saturated rings. The number of carbonyl (C=O) groups excluding carboxylic acids is 1. The maximum Gasteiger partial charge on any atom is 0.228 e. The Bertz CT molecular complexity index is 712. The number of hydrogen-bond acceptors (Lipinski definition) is 4. The van der Waals surface area contributed by atoms with Crippen molar-refractivity contribution in [1.82, 2.24) is 15.2 Å². The Morgan fingerprint density at radius 1 is 1.20 bits per heavy atom. The lowest BCUT2D eigenvalue weighted by Gasteiger charge is -2.38. The number of piperidine rings is 1. The summed E-state index contributed by atoms with van der Waals surface area (Å²) in [7, 11) is 0. The van der Waals surface area contributed by atoms with Crippen molar-refractivity contribution in [2.24, 2.45) is 5.41 Å². The van der Waals surface area contributed by atoms with E-state index >= 15 is 0 Å². The number of nitrogens with one attached hydrogen (secondary N) is 1. The van der Waals surface area contributed by atoms with Crippen LogP contribution in [-0.4, -0.2) is 42.0 Å². The minimum atomic E-state index is 0.234. The standard InChI is InChI=1S/C20H25N3OS/c24-19(23-10-7-20(8-11-23)6-9-21-15-20)13-17-14-25-18(22-17)12-16-4-2-1-3-5-16/h1-5,14,21H,6-13,15H2. The Kier molecular flexibility index (Phi) is 4.86. The number of amides is 1. The average molecular weight is 356 g/mol. The van der Waals surface area contributed by atoms with E-state index in [1.54, 1.807) is 11.3 Å². The zero-order valence-electron chi connectivity index (χ0n) is 14.5. The second kappa shape index (κ2) is 7.26. The molecule has 2 aliphatic rings. The lowest BCUT2D eigenvalue weighted by atomic mass is 9.78. The van der Waals surface area contributed by atoms with Crippen LogP contribution in [0.15, 0.2) is 35.7 Å². The first-order chi connectivity index (χ1) is 12.2. The van der Waals surface area contributed by atoms with Crippen molar-refractivity contribution in [1.29, 1.82) is 0 Å². The van der Waals surface area contributed by atoms with Gasteiger partial charge in [-0.3, -0.25) is 4.79 Å². The van der Waals surface area contributed by atoms with Crippen molar-refractivity contribution in [2.75, 3.05) is 26.2 Å². The quantitative estimate of drug-likeness (QED) is 0.917. The molecule has 0 radical (unpaired) electrons. The van der Waals surface area contributed by atoms with Crippen LogP contribution in [-0.2, 0) is 17.6 Å². The second-order valence-electron chi connectivity index (χ2n) is 7.38. The molecule has 2 saturated heterocycles. The fraction of sp³-hybridized carbons (Fsp3) is 0.500. The minimum Gasteiger partial charge on any atom is -0.342 e. The molecule has 2 aliphatic heterocycles. The SMILES string of the molecule is O=C(Cc1csc(Cc2ccccc2)n1)N1CCC2(CCNC2)CC1. The first-order valence-corrected chi connectivity index (χ1v) is 10.1. The molecule has 132 valence electrons. The van der Waals surface area contributed by atoms with Gasteiger partial charge in [0.25, 0.3) is 0 Å². The van der Waals surface area contributed by atoms with E-state index in [4.69, 9.17) is 0 Å². The summed E-state index contributed by atoms with van der Waals surface area (Å²) in [6, 6.07) is 10.4. The molecule has 1 amide bonds. The van der Waals surface area contributed by atoms with E-state index in [0.717, 1.165) is 56.1 Å². The number of benzene rings is 1. The second-order valence-corrected chi connectivity index (χ2v) is 8.32. The van der Waals surface area contributed by atoms with Crippen LogP contribution in [0.4, 0.5) is 0 Å². The van der Waals surface area contributed by atoms with Gasteiger partial charge in [-0.15, -0.1) is 11.3 Å². The Labute approximate surface area is 153 Å². The highest BCUT2D eigenvalue weighted by molar-refractivity contribution is 7.09. The van der Waals surface area contributed by atoms with Crippen LogP contribution in [0, 0.1) is 5.41 Å². The van der Waals surface area contributed by atoms with E-state index in [1.807, 2.05) is 16.3 Å². The van der Waals surface area contributed by atoms with Gasteiger partial charge in [0.1, 0.15) is 0 Å². The van der Waals surface area contributed by atoms with Crippen LogP contribution < -0.4 is 5.32 Å². The van der Waals surface area contributed by atoms with Crippen molar-refractivity contribution >= 4 is 17.2 Å². The Morgan fingerprint density at radius 3 is 2.72 bits per heavy atom. The molecule has 0 saturated carbocycles. The van der Waals surface area contributed by atoms with Gasteiger partial charge in [-0.25, -0.2) is 4.98 Å². The van der Waals surface area contributed by atoms with Gasteiger partial charge in [0.15, 0.2) is 0 Å². The predicted octanol–water partition coefficient (Wildman–Crippen LogP) is 2.88. The van der Waals surface area contributed by atoms with Crippen LogP contribution >= 0.6 is 11.3 Å². The summed E-state index contributed by atoms with van der Waals surface area (Å²) in [6.45, 7) is 4.07. The minimum absolute atomic E-state index is 0.234. The normalized spacial score (nSPS) is 19.4. The smallest absolute Gasteiger partial charge is 0.228 e. The largest absolute Gasteiger partial charge is 0.342 e. The average Bonchev–Trinajstić information content (AvgIpc) is 3.26. The third kappa shape index (κ3) is 3.93. The number of carbonyl (C=O) groups is 1. The molecule has 0 aliphatic carbocycles. The van der Waals surface area contributed by atoms with Crippen molar-refractivity contribution < 1.29 is 4.79 Å².